The number of benzene rings is 2. The zero-order valence-electron chi connectivity index (χ0n) is 11.1. The number of nitro groups is 2. The Morgan fingerprint density at radius 1 is 0.727 bits per heavy atom. The van der Waals surface area contributed by atoms with Gasteiger partial charge in [-0.1, -0.05) is 68.3 Å². The molecule has 2 aromatic rings. The molecule has 0 aromatic heterocycles. The van der Waals surface area contributed by atoms with Gasteiger partial charge in [0.25, 0.3) is 11.4 Å². The summed E-state index contributed by atoms with van der Waals surface area (Å²) in [6.07, 6.45) is 0. The van der Waals surface area contributed by atoms with E-state index in [4.69, 9.17) is 0 Å². The van der Waals surface area contributed by atoms with Crippen LogP contribution in [-0.2, 0) is 0 Å². The van der Waals surface area contributed by atoms with E-state index >= 15 is 0 Å². The molecule has 0 radical (unpaired) electrons. The highest BCUT2D eigenvalue weighted by atomic mass is 79.9. The van der Waals surface area contributed by atoms with Crippen LogP contribution in [0.5, 0.6) is 0 Å². The van der Waals surface area contributed by atoms with Gasteiger partial charge in [-0.25, -0.2) is 0 Å². The summed E-state index contributed by atoms with van der Waals surface area (Å²) in [5.74, 6) is 0. The third-order valence-electron chi connectivity index (χ3n) is 3.12. The molecule has 0 bridgehead atoms. The minimum absolute atomic E-state index is 0.0348. The quantitative estimate of drug-likeness (QED) is 0.377. The molecule has 0 heterocycles. The van der Waals surface area contributed by atoms with Gasteiger partial charge in [0.2, 0.25) is 0 Å². The van der Waals surface area contributed by atoms with Gasteiger partial charge in [0.05, 0.1) is 19.5 Å². The Bertz CT molecular complexity index is 662. The number of halogens is 2. The number of para-hydroxylation sites is 2. The maximum absolute atomic E-state index is 11.1. The number of nitrogens with zero attached hydrogens (tertiary/aromatic N) is 2. The summed E-state index contributed by atoms with van der Waals surface area (Å²) < 4.78 is 0. The van der Waals surface area contributed by atoms with Crippen LogP contribution in [0.2, 0.25) is 0 Å². The van der Waals surface area contributed by atoms with Crippen molar-refractivity contribution < 1.29 is 9.85 Å². The van der Waals surface area contributed by atoms with E-state index in [9.17, 15) is 20.2 Å². The minimum atomic E-state index is -0.491. The Morgan fingerprint density at radius 3 is 1.36 bits per heavy atom. The highest BCUT2D eigenvalue weighted by Gasteiger charge is 2.30. The van der Waals surface area contributed by atoms with Crippen LogP contribution in [0.15, 0.2) is 48.5 Å². The van der Waals surface area contributed by atoms with Crippen molar-refractivity contribution in [3.8, 4) is 0 Å². The van der Waals surface area contributed by atoms with Gasteiger partial charge in [0.15, 0.2) is 0 Å². The maximum atomic E-state index is 11.1. The van der Waals surface area contributed by atoms with Gasteiger partial charge in [0, 0.05) is 23.3 Å². The Morgan fingerprint density at radius 2 is 1.05 bits per heavy atom. The number of alkyl halides is 2. The Labute approximate surface area is 142 Å². The average molecular weight is 430 g/mol. The predicted octanol–water partition coefficient (Wildman–Crippen LogP) is 5.08. The molecular weight excluding hydrogens is 420 g/mol. The largest absolute Gasteiger partial charge is 0.273 e. The second kappa shape index (κ2) is 6.97. The fourth-order valence-corrected chi connectivity index (χ4v) is 3.43. The van der Waals surface area contributed by atoms with E-state index in [0.717, 1.165) is 0 Å². The van der Waals surface area contributed by atoms with Gasteiger partial charge in [-0.05, 0) is 0 Å². The molecule has 0 aliphatic rings. The second-order valence-electron chi connectivity index (χ2n) is 4.44. The molecular formula is C14H10Br2N2O4. The topological polar surface area (TPSA) is 86.3 Å². The first-order valence-corrected chi connectivity index (χ1v) is 8.01. The molecule has 2 rings (SSSR count). The standard InChI is InChI=1S/C14H10Br2N2O4/c15-13(9-5-1-3-7-11(9)17(19)20)14(16)10-6-2-4-8-12(10)18(21)22/h1-8,13-14H. The SMILES string of the molecule is O=[N+]([O-])c1ccccc1C(Br)C(Br)c1ccccc1[N+](=O)[O-]. The summed E-state index contributed by atoms with van der Waals surface area (Å²) in [6, 6.07) is 12.6. The van der Waals surface area contributed by atoms with Crippen LogP contribution >= 0.6 is 31.9 Å². The molecule has 2 unspecified atom stereocenters. The highest BCUT2D eigenvalue weighted by Crippen LogP contribution is 2.47. The van der Waals surface area contributed by atoms with Crippen LogP contribution in [-0.4, -0.2) is 9.85 Å². The predicted molar refractivity (Wildman–Crippen MR) is 89.5 cm³/mol. The van der Waals surface area contributed by atoms with E-state index in [-0.39, 0.29) is 11.4 Å². The van der Waals surface area contributed by atoms with Gasteiger partial charge in [-0.15, -0.1) is 0 Å². The summed E-state index contributed by atoms with van der Waals surface area (Å²) in [5, 5.41) is 22.2. The van der Waals surface area contributed by atoms with Crippen LogP contribution in [0.1, 0.15) is 20.8 Å². The molecule has 0 saturated heterocycles. The van der Waals surface area contributed by atoms with Gasteiger partial charge in [0.1, 0.15) is 0 Å². The molecule has 0 amide bonds. The zero-order chi connectivity index (χ0) is 16.3. The number of nitro benzene ring substituents is 2. The molecule has 6 nitrogen and oxygen atoms in total. The van der Waals surface area contributed by atoms with Gasteiger partial charge in [-0.2, -0.15) is 0 Å². The van der Waals surface area contributed by atoms with Crippen molar-refractivity contribution in [2.24, 2.45) is 0 Å². The van der Waals surface area contributed by atoms with Crippen molar-refractivity contribution in [1.29, 1.82) is 0 Å². The zero-order valence-corrected chi connectivity index (χ0v) is 14.2. The first-order valence-electron chi connectivity index (χ1n) is 6.18. The Kier molecular flexibility index (Phi) is 5.25. The molecule has 8 heteroatoms. The van der Waals surface area contributed by atoms with Crippen molar-refractivity contribution >= 4 is 43.2 Å². The molecule has 0 saturated carbocycles. The second-order valence-corrected chi connectivity index (χ2v) is 6.41. The first kappa shape index (κ1) is 16.6. The molecule has 0 spiro atoms. The smallest absolute Gasteiger partial charge is 0.258 e. The van der Waals surface area contributed by atoms with E-state index in [2.05, 4.69) is 31.9 Å². The third-order valence-corrected chi connectivity index (χ3v) is 5.87. The monoisotopic (exact) mass is 428 g/mol. The van der Waals surface area contributed by atoms with Crippen molar-refractivity contribution in [3.63, 3.8) is 0 Å². The Hall–Kier alpha value is -1.80. The van der Waals surface area contributed by atoms with E-state index in [1.165, 1.54) is 12.1 Å². The number of hydrogen-bond acceptors (Lipinski definition) is 4. The van der Waals surface area contributed by atoms with Crippen molar-refractivity contribution in [1.82, 2.24) is 0 Å². The van der Waals surface area contributed by atoms with Gasteiger partial charge < -0.3 is 0 Å². The third kappa shape index (κ3) is 3.33. The maximum Gasteiger partial charge on any atom is 0.273 e. The summed E-state index contributed by atoms with van der Waals surface area (Å²) in [4.78, 5) is 20.3. The average Bonchev–Trinajstić information content (AvgIpc) is 2.53. The lowest BCUT2D eigenvalue weighted by atomic mass is 10.0. The molecule has 0 N–H and O–H groups in total. The first-order chi connectivity index (χ1) is 10.4. The molecule has 2 atom stereocenters. The summed E-state index contributed by atoms with van der Waals surface area (Å²) in [6.45, 7) is 0. The van der Waals surface area contributed by atoms with Crippen LogP contribution in [0.3, 0.4) is 0 Å². The van der Waals surface area contributed by atoms with Crippen molar-refractivity contribution in [3.05, 3.63) is 79.9 Å². The fraction of sp³-hybridized carbons (Fsp3) is 0.143. The van der Waals surface area contributed by atoms with Crippen molar-refractivity contribution in [2.45, 2.75) is 9.65 Å². The lowest BCUT2D eigenvalue weighted by molar-refractivity contribution is -0.386. The Balaban J connectivity index is 2.45. The number of hydrogen-bond donors (Lipinski definition) is 0. The minimum Gasteiger partial charge on any atom is -0.258 e. The molecule has 22 heavy (non-hydrogen) atoms. The molecule has 0 aliphatic carbocycles. The van der Waals surface area contributed by atoms with Crippen LogP contribution in [0.4, 0.5) is 11.4 Å². The lowest BCUT2D eigenvalue weighted by Crippen LogP contribution is -2.05. The highest BCUT2D eigenvalue weighted by molar-refractivity contribution is 9.12. The van der Waals surface area contributed by atoms with E-state index in [0.29, 0.717) is 11.1 Å². The molecule has 114 valence electrons. The van der Waals surface area contributed by atoms with Crippen LogP contribution in [0.25, 0.3) is 0 Å². The van der Waals surface area contributed by atoms with Crippen molar-refractivity contribution in [2.75, 3.05) is 0 Å². The normalized spacial score (nSPS) is 13.4. The van der Waals surface area contributed by atoms with Gasteiger partial charge >= 0.3 is 0 Å². The van der Waals surface area contributed by atoms with E-state index in [1.807, 2.05) is 0 Å². The lowest BCUT2D eigenvalue weighted by Gasteiger charge is -2.17. The number of rotatable bonds is 5. The van der Waals surface area contributed by atoms with Gasteiger partial charge in [-0.3, -0.25) is 20.2 Å². The summed E-state index contributed by atoms with van der Waals surface area (Å²) in [5.41, 5.74) is 0.833. The van der Waals surface area contributed by atoms with Crippen LogP contribution in [0, 0.1) is 20.2 Å². The fourth-order valence-electron chi connectivity index (χ4n) is 2.09. The van der Waals surface area contributed by atoms with E-state index < -0.39 is 19.5 Å². The van der Waals surface area contributed by atoms with E-state index in [1.54, 1.807) is 36.4 Å². The molecule has 2 aromatic carbocycles. The molecule has 0 fully saturated rings. The molecule has 0 aliphatic heterocycles. The van der Waals surface area contributed by atoms with Crippen LogP contribution < -0.4 is 0 Å². The summed E-state index contributed by atoms with van der Waals surface area (Å²) >= 11 is 6.83. The summed E-state index contributed by atoms with van der Waals surface area (Å²) in [7, 11) is 0.